The van der Waals surface area contributed by atoms with E-state index in [4.69, 9.17) is 11.5 Å². The molecule has 1 aromatic rings. The van der Waals surface area contributed by atoms with E-state index >= 15 is 0 Å². The van der Waals surface area contributed by atoms with Gasteiger partial charge in [0.1, 0.15) is 22.4 Å². The molecule has 0 aromatic carbocycles. The highest BCUT2D eigenvalue weighted by Crippen LogP contribution is 2.30. The largest absolute Gasteiger partial charge is 0.383 e. The van der Waals surface area contributed by atoms with E-state index in [1.807, 2.05) is 0 Å². The highest BCUT2D eigenvalue weighted by atomic mass is 79.9. The molecule has 1 amide bonds. The minimum atomic E-state index is -0.217. The molecular weight excluding hydrogens is 286 g/mol. The lowest BCUT2D eigenvalue weighted by molar-refractivity contribution is -0.122. The van der Waals surface area contributed by atoms with Crippen LogP contribution in [0, 0.1) is 5.92 Å². The summed E-state index contributed by atoms with van der Waals surface area (Å²) in [6.45, 7) is 1.51. The number of piperidine rings is 1. The number of amides is 1. The maximum absolute atomic E-state index is 11.1. The van der Waals surface area contributed by atoms with Gasteiger partial charge < -0.3 is 16.4 Å². The molecule has 0 radical (unpaired) electrons. The van der Waals surface area contributed by atoms with Crippen molar-refractivity contribution >= 4 is 33.5 Å². The van der Waals surface area contributed by atoms with Gasteiger partial charge in [0.05, 0.1) is 0 Å². The molecule has 1 aromatic heterocycles. The van der Waals surface area contributed by atoms with Crippen LogP contribution in [0.3, 0.4) is 0 Å². The molecule has 0 unspecified atom stereocenters. The summed E-state index contributed by atoms with van der Waals surface area (Å²) >= 11 is 3.38. The number of nitrogen functional groups attached to an aromatic ring is 1. The zero-order chi connectivity index (χ0) is 12.4. The van der Waals surface area contributed by atoms with Crippen molar-refractivity contribution < 1.29 is 4.79 Å². The van der Waals surface area contributed by atoms with E-state index in [0.717, 1.165) is 31.7 Å². The summed E-state index contributed by atoms with van der Waals surface area (Å²) < 4.78 is 0.706. The molecule has 6 nitrogen and oxygen atoms in total. The number of halogens is 1. The number of hydrogen-bond acceptors (Lipinski definition) is 5. The molecule has 7 heteroatoms. The third-order valence-corrected chi connectivity index (χ3v) is 3.76. The summed E-state index contributed by atoms with van der Waals surface area (Å²) in [6, 6.07) is 0. The Bertz CT molecular complexity index is 431. The van der Waals surface area contributed by atoms with Crippen LogP contribution in [0.15, 0.2) is 10.8 Å². The van der Waals surface area contributed by atoms with Crippen LogP contribution >= 0.6 is 15.9 Å². The number of carbonyl (C=O) groups is 1. The lowest BCUT2D eigenvalue weighted by atomic mass is 9.96. The fraction of sp³-hybridized carbons (Fsp3) is 0.500. The van der Waals surface area contributed by atoms with Gasteiger partial charge in [0.15, 0.2) is 0 Å². The summed E-state index contributed by atoms with van der Waals surface area (Å²) in [5.41, 5.74) is 11.0. The topological polar surface area (TPSA) is 98.1 Å². The number of primary amides is 1. The molecule has 0 spiro atoms. The van der Waals surface area contributed by atoms with Crippen molar-refractivity contribution in [2.45, 2.75) is 12.8 Å². The third kappa shape index (κ3) is 2.49. The molecule has 2 rings (SSSR count). The predicted octanol–water partition coefficient (Wildman–Crippen LogP) is 0.523. The molecule has 4 N–H and O–H groups in total. The van der Waals surface area contributed by atoms with E-state index in [0.29, 0.717) is 10.3 Å². The first-order valence-corrected chi connectivity index (χ1v) is 6.19. The number of nitrogens with two attached hydrogens (primary N) is 2. The Kier molecular flexibility index (Phi) is 3.46. The van der Waals surface area contributed by atoms with Gasteiger partial charge in [-0.2, -0.15) is 0 Å². The number of carbonyl (C=O) groups excluding carboxylic acids is 1. The molecular formula is C10H14BrN5O. The fourth-order valence-corrected chi connectivity index (χ4v) is 2.43. The number of hydrogen-bond donors (Lipinski definition) is 2. The second-order valence-corrected chi connectivity index (χ2v) is 4.85. The zero-order valence-corrected chi connectivity index (χ0v) is 10.9. The number of aromatic nitrogens is 2. The number of anilines is 2. The van der Waals surface area contributed by atoms with Gasteiger partial charge in [0, 0.05) is 19.0 Å². The lowest BCUT2D eigenvalue weighted by Gasteiger charge is -2.31. The second kappa shape index (κ2) is 4.87. The summed E-state index contributed by atoms with van der Waals surface area (Å²) in [4.78, 5) is 21.3. The Morgan fingerprint density at radius 3 is 2.65 bits per heavy atom. The van der Waals surface area contributed by atoms with E-state index in [-0.39, 0.29) is 11.8 Å². The molecule has 2 heterocycles. The molecule has 92 valence electrons. The van der Waals surface area contributed by atoms with Gasteiger partial charge in [-0.1, -0.05) is 0 Å². The monoisotopic (exact) mass is 299 g/mol. The first-order valence-electron chi connectivity index (χ1n) is 5.40. The zero-order valence-electron chi connectivity index (χ0n) is 9.27. The maximum atomic E-state index is 11.1. The molecule has 1 saturated heterocycles. The molecule has 0 saturated carbocycles. The van der Waals surface area contributed by atoms with Crippen LogP contribution in [0.25, 0.3) is 0 Å². The van der Waals surface area contributed by atoms with E-state index in [9.17, 15) is 4.79 Å². The van der Waals surface area contributed by atoms with Gasteiger partial charge in [-0.15, -0.1) is 0 Å². The summed E-state index contributed by atoms with van der Waals surface area (Å²) in [5, 5.41) is 0. The Hall–Kier alpha value is -1.37. The van der Waals surface area contributed by atoms with Gasteiger partial charge in [-0.05, 0) is 28.8 Å². The quantitative estimate of drug-likeness (QED) is 0.830. The van der Waals surface area contributed by atoms with E-state index in [1.165, 1.54) is 6.33 Å². The molecule has 1 fully saturated rings. The van der Waals surface area contributed by atoms with E-state index in [2.05, 4.69) is 30.8 Å². The van der Waals surface area contributed by atoms with Crippen LogP contribution < -0.4 is 16.4 Å². The summed E-state index contributed by atoms with van der Waals surface area (Å²) in [6.07, 6.45) is 2.95. The van der Waals surface area contributed by atoms with Gasteiger partial charge in [0.2, 0.25) is 5.91 Å². The van der Waals surface area contributed by atoms with Crippen LogP contribution in [0.5, 0.6) is 0 Å². The Labute approximate surface area is 108 Å². The number of rotatable bonds is 2. The Balaban J connectivity index is 2.10. The van der Waals surface area contributed by atoms with Crippen molar-refractivity contribution in [1.29, 1.82) is 0 Å². The molecule has 1 aliphatic rings. The van der Waals surface area contributed by atoms with Crippen LogP contribution in [-0.4, -0.2) is 29.0 Å². The van der Waals surface area contributed by atoms with Crippen LogP contribution in [0.2, 0.25) is 0 Å². The average molecular weight is 300 g/mol. The minimum Gasteiger partial charge on any atom is -0.383 e. The lowest BCUT2D eigenvalue weighted by Crippen LogP contribution is -2.39. The van der Waals surface area contributed by atoms with Gasteiger partial charge in [-0.25, -0.2) is 9.97 Å². The fourth-order valence-electron chi connectivity index (χ4n) is 1.97. The SMILES string of the molecule is NC(=O)C1CCN(c2ncnc(N)c2Br)CC1. The van der Waals surface area contributed by atoms with Gasteiger partial charge in [-0.3, -0.25) is 4.79 Å². The third-order valence-electron chi connectivity index (χ3n) is 2.99. The highest BCUT2D eigenvalue weighted by molar-refractivity contribution is 9.10. The van der Waals surface area contributed by atoms with Crippen molar-refractivity contribution in [2.24, 2.45) is 11.7 Å². The summed E-state index contributed by atoms with van der Waals surface area (Å²) in [7, 11) is 0. The van der Waals surface area contributed by atoms with E-state index < -0.39 is 0 Å². The van der Waals surface area contributed by atoms with Crippen molar-refractivity contribution in [2.75, 3.05) is 23.7 Å². The minimum absolute atomic E-state index is 0.0239. The second-order valence-electron chi connectivity index (χ2n) is 4.06. The predicted molar refractivity (Wildman–Crippen MR) is 68.3 cm³/mol. The maximum Gasteiger partial charge on any atom is 0.220 e. The molecule has 1 aliphatic heterocycles. The standard InChI is InChI=1S/C10H14BrN5O/c11-7-8(12)14-5-15-10(7)16-3-1-6(2-4-16)9(13)17/h5-6H,1-4H2,(H2,13,17)(H2,12,14,15). The van der Waals surface area contributed by atoms with Gasteiger partial charge >= 0.3 is 0 Å². The molecule has 0 aliphatic carbocycles. The van der Waals surface area contributed by atoms with Crippen LogP contribution in [0.4, 0.5) is 11.6 Å². The van der Waals surface area contributed by atoms with Crippen molar-refractivity contribution in [3.63, 3.8) is 0 Å². The van der Waals surface area contributed by atoms with Crippen molar-refractivity contribution in [3.05, 3.63) is 10.8 Å². The summed E-state index contributed by atoms with van der Waals surface area (Å²) in [5.74, 6) is 0.961. The van der Waals surface area contributed by atoms with Crippen molar-refractivity contribution in [1.82, 2.24) is 9.97 Å². The van der Waals surface area contributed by atoms with Crippen LogP contribution in [0.1, 0.15) is 12.8 Å². The normalized spacial score (nSPS) is 17.1. The Morgan fingerprint density at radius 1 is 1.41 bits per heavy atom. The average Bonchev–Trinajstić information content (AvgIpc) is 2.33. The van der Waals surface area contributed by atoms with Gasteiger partial charge in [0.25, 0.3) is 0 Å². The number of nitrogens with zero attached hydrogens (tertiary/aromatic N) is 3. The molecule has 0 bridgehead atoms. The van der Waals surface area contributed by atoms with Crippen LogP contribution in [-0.2, 0) is 4.79 Å². The Morgan fingerprint density at radius 2 is 2.06 bits per heavy atom. The van der Waals surface area contributed by atoms with E-state index in [1.54, 1.807) is 0 Å². The molecule has 17 heavy (non-hydrogen) atoms. The first kappa shape index (κ1) is 12.1. The highest BCUT2D eigenvalue weighted by Gasteiger charge is 2.25. The molecule has 0 atom stereocenters. The smallest absolute Gasteiger partial charge is 0.220 e. The first-order chi connectivity index (χ1) is 8.09. The van der Waals surface area contributed by atoms with Crippen molar-refractivity contribution in [3.8, 4) is 0 Å².